The molecule has 2 N–H and O–H groups in total. The highest BCUT2D eigenvalue weighted by Gasteiger charge is 2.22. The molecule has 0 saturated heterocycles. The Labute approximate surface area is 149 Å². The molecule has 1 aromatic carbocycles. The Morgan fingerprint density at radius 1 is 1.08 bits per heavy atom. The molecule has 0 aliphatic rings. The molecule has 0 aliphatic carbocycles. The SMILES string of the molecule is Cc1[nH]ncc1CNCc1cn(Cc2ccccc2)nc1C(C)(C)C. The van der Waals surface area contributed by atoms with Gasteiger partial charge in [0.05, 0.1) is 18.4 Å². The molecule has 0 aliphatic heterocycles. The molecule has 25 heavy (non-hydrogen) atoms. The smallest absolute Gasteiger partial charge is 0.0723 e. The van der Waals surface area contributed by atoms with Crippen molar-refractivity contribution in [3.05, 3.63) is 70.8 Å². The summed E-state index contributed by atoms with van der Waals surface area (Å²) in [5, 5.41) is 15.4. The van der Waals surface area contributed by atoms with E-state index >= 15 is 0 Å². The van der Waals surface area contributed by atoms with E-state index < -0.39 is 0 Å². The summed E-state index contributed by atoms with van der Waals surface area (Å²) < 4.78 is 2.05. The maximum Gasteiger partial charge on any atom is 0.0723 e. The zero-order chi connectivity index (χ0) is 17.9. The monoisotopic (exact) mass is 337 g/mol. The molecule has 3 rings (SSSR count). The van der Waals surface area contributed by atoms with Gasteiger partial charge in [0.15, 0.2) is 0 Å². The first-order valence-corrected chi connectivity index (χ1v) is 8.74. The first kappa shape index (κ1) is 17.4. The van der Waals surface area contributed by atoms with Gasteiger partial charge in [-0.25, -0.2) is 0 Å². The minimum absolute atomic E-state index is 0.0184. The van der Waals surface area contributed by atoms with E-state index in [4.69, 9.17) is 5.10 Å². The van der Waals surface area contributed by atoms with Crippen molar-refractivity contribution in [2.45, 2.75) is 52.7 Å². The Hall–Kier alpha value is -2.40. The molecule has 132 valence electrons. The van der Waals surface area contributed by atoms with Gasteiger partial charge in [0.25, 0.3) is 0 Å². The molecule has 0 saturated carbocycles. The fourth-order valence-electron chi connectivity index (χ4n) is 2.96. The number of benzene rings is 1. The number of rotatable bonds is 6. The second-order valence-electron chi connectivity index (χ2n) is 7.56. The first-order chi connectivity index (χ1) is 11.9. The van der Waals surface area contributed by atoms with E-state index in [-0.39, 0.29) is 5.41 Å². The van der Waals surface area contributed by atoms with E-state index in [1.807, 2.05) is 19.2 Å². The van der Waals surface area contributed by atoms with Crippen LogP contribution in [0.25, 0.3) is 0 Å². The van der Waals surface area contributed by atoms with Gasteiger partial charge in [0.1, 0.15) is 0 Å². The quantitative estimate of drug-likeness (QED) is 0.723. The van der Waals surface area contributed by atoms with Crippen LogP contribution >= 0.6 is 0 Å². The second-order valence-corrected chi connectivity index (χ2v) is 7.56. The molecule has 3 aromatic rings. The molecule has 5 heteroatoms. The van der Waals surface area contributed by atoms with Gasteiger partial charge >= 0.3 is 0 Å². The van der Waals surface area contributed by atoms with Crippen molar-refractivity contribution >= 4 is 0 Å². The van der Waals surface area contributed by atoms with E-state index in [9.17, 15) is 0 Å². The Bertz CT molecular complexity index is 808. The van der Waals surface area contributed by atoms with Gasteiger partial charge in [-0.05, 0) is 12.5 Å². The van der Waals surface area contributed by atoms with Gasteiger partial charge in [0, 0.05) is 41.5 Å². The largest absolute Gasteiger partial charge is 0.308 e. The molecular formula is C20H27N5. The van der Waals surface area contributed by atoms with Crippen molar-refractivity contribution in [1.82, 2.24) is 25.3 Å². The number of aromatic amines is 1. The number of H-pyrrole nitrogens is 1. The number of nitrogens with one attached hydrogen (secondary N) is 2. The minimum atomic E-state index is 0.0184. The van der Waals surface area contributed by atoms with Crippen LogP contribution in [0.2, 0.25) is 0 Å². The Morgan fingerprint density at radius 3 is 2.44 bits per heavy atom. The number of nitrogens with zero attached hydrogens (tertiary/aromatic N) is 3. The maximum atomic E-state index is 4.87. The molecule has 0 bridgehead atoms. The van der Waals surface area contributed by atoms with Crippen LogP contribution in [0.5, 0.6) is 0 Å². The summed E-state index contributed by atoms with van der Waals surface area (Å²) in [7, 11) is 0. The molecule has 0 amide bonds. The first-order valence-electron chi connectivity index (χ1n) is 8.74. The summed E-state index contributed by atoms with van der Waals surface area (Å²) >= 11 is 0. The third-order valence-corrected chi connectivity index (χ3v) is 4.30. The lowest BCUT2D eigenvalue weighted by Gasteiger charge is -2.17. The Balaban J connectivity index is 1.73. The zero-order valence-corrected chi connectivity index (χ0v) is 15.5. The highest BCUT2D eigenvalue weighted by Crippen LogP contribution is 2.24. The van der Waals surface area contributed by atoms with Gasteiger partial charge in [-0.2, -0.15) is 10.2 Å². The average Bonchev–Trinajstić information content (AvgIpc) is 3.15. The summed E-state index contributed by atoms with van der Waals surface area (Å²) in [5.74, 6) is 0. The molecule has 0 unspecified atom stereocenters. The maximum absolute atomic E-state index is 4.87. The van der Waals surface area contributed by atoms with Crippen LogP contribution in [-0.2, 0) is 25.0 Å². The lowest BCUT2D eigenvalue weighted by molar-refractivity contribution is 0.537. The standard InChI is InChI=1S/C20H27N5/c1-15-17(12-22-23-15)10-21-11-18-14-25(24-19(18)20(2,3)4)13-16-8-6-5-7-9-16/h5-9,12,14,21H,10-11,13H2,1-4H3,(H,22,23). The number of hydrogen-bond donors (Lipinski definition) is 2. The van der Waals surface area contributed by atoms with Crippen LogP contribution in [0.1, 0.15) is 48.8 Å². The zero-order valence-electron chi connectivity index (χ0n) is 15.5. The van der Waals surface area contributed by atoms with Crippen LogP contribution in [0.4, 0.5) is 0 Å². The van der Waals surface area contributed by atoms with E-state index in [0.717, 1.165) is 31.0 Å². The van der Waals surface area contributed by atoms with Crippen LogP contribution in [0, 0.1) is 6.92 Å². The third-order valence-electron chi connectivity index (χ3n) is 4.30. The van der Waals surface area contributed by atoms with Gasteiger partial charge in [-0.3, -0.25) is 9.78 Å². The molecule has 0 fully saturated rings. The van der Waals surface area contributed by atoms with Crippen LogP contribution in [0.15, 0.2) is 42.7 Å². The van der Waals surface area contributed by atoms with Crippen LogP contribution in [-0.4, -0.2) is 20.0 Å². The molecule has 5 nitrogen and oxygen atoms in total. The van der Waals surface area contributed by atoms with Crippen molar-refractivity contribution < 1.29 is 0 Å². The summed E-state index contributed by atoms with van der Waals surface area (Å²) in [6.45, 7) is 11.1. The van der Waals surface area contributed by atoms with Crippen LogP contribution < -0.4 is 5.32 Å². The van der Waals surface area contributed by atoms with Gasteiger partial charge in [0.2, 0.25) is 0 Å². The molecular weight excluding hydrogens is 310 g/mol. The highest BCUT2D eigenvalue weighted by molar-refractivity contribution is 5.25. The predicted octanol–water partition coefficient (Wildman–Crippen LogP) is 3.55. The van der Waals surface area contributed by atoms with Crippen molar-refractivity contribution in [3.63, 3.8) is 0 Å². The summed E-state index contributed by atoms with van der Waals surface area (Å²) in [6.07, 6.45) is 4.05. The average molecular weight is 337 g/mol. The Morgan fingerprint density at radius 2 is 1.80 bits per heavy atom. The minimum Gasteiger partial charge on any atom is -0.308 e. The number of aryl methyl sites for hydroxylation is 1. The molecule has 0 atom stereocenters. The Kier molecular flexibility index (Phi) is 5.04. The fourth-order valence-corrected chi connectivity index (χ4v) is 2.96. The van der Waals surface area contributed by atoms with Crippen LogP contribution in [0.3, 0.4) is 0 Å². The second kappa shape index (κ2) is 7.23. The highest BCUT2D eigenvalue weighted by atomic mass is 15.3. The van der Waals surface area contributed by atoms with Crippen molar-refractivity contribution in [2.75, 3.05) is 0 Å². The third kappa shape index (κ3) is 4.37. The molecule has 2 heterocycles. The topological polar surface area (TPSA) is 58.5 Å². The van der Waals surface area contributed by atoms with E-state index in [2.05, 4.69) is 71.4 Å². The summed E-state index contributed by atoms with van der Waals surface area (Å²) in [5.41, 5.74) is 6.01. The number of hydrogen-bond acceptors (Lipinski definition) is 3. The molecule has 0 spiro atoms. The van der Waals surface area contributed by atoms with Gasteiger partial charge in [-0.15, -0.1) is 0 Å². The van der Waals surface area contributed by atoms with Gasteiger partial charge < -0.3 is 5.32 Å². The van der Waals surface area contributed by atoms with E-state index in [1.54, 1.807) is 0 Å². The number of aromatic nitrogens is 4. The lowest BCUT2D eigenvalue weighted by Crippen LogP contribution is -2.19. The summed E-state index contributed by atoms with van der Waals surface area (Å²) in [6, 6.07) is 10.5. The molecule has 0 radical (unpaired) electrons. The summed E-state index contributed by atoms with van der Waals surface area (Å²) in [4.78, 5) is 0. The van der Waals surface area contributed by atoms with Crippen molar-refractivity contribution in [2.24, 2.45) is 0 Å². The predicted molar refractivity (Wildman–Crippen MR) is 100 cm³/mol. The van der Waals surface area contributed by atoms with E-state index in [1.165, 1.54) is 16.7 Å². The van der Waals surface area contributed by atoms with Crippen molar-refractivity contribution in [3.8, 4) is 0 Å². The van der Waals surface area contributed by atoms with Gasteiger partial charge in [-0.1, -0.05) is 51.1 Å². The van der Waals surface area contributed by atoms with Crippen molar-refractivity contribution in [1.29, 1.82) is 0 Å². The molecule has 2 aromatic heterocycles. The fraction of sp³-hybridized carbons (Fsp3) is 0.400. The normalized spacial score (nSPS) is 11.8. The van der Waals surface area contributed by atoms with E-state index in [0.29, 0.717) is 0 Å². The lowest BCUT2D eigenvalue weighted by atomic mass is 9.89.